The van der Waals surface area contributed by atoms with E-state index in [0.29, 0.717) is 0 Å². The van der Waals surface area contributed by atoms with Crippen LogP contribution < -0.4 is 21.7 Å². The maximum Gasteiger partial charge on any atom is 0.303 e. The standard InChI is InChI=1S/C21H36N4O10/c1-9(19(32)25-12(18(22)31)6-7-14(28)29)23-20(33)10(2)34-16-15(30)13(8-26)35-21(4,5)17(16)24-11(3)27/h9-10,12-13,15-17,26,30H,6-8H2,1-5H3,(H2,22,31)(H,23,33)(H,24,27)(H,25,32)(H,28,29)/t9?,10?,12?,13?,15-,16-,17?/m1/s1. The molecular weight excluding hydrogens is 468 g/mol. The van der Waals surface area contributed by atoms with Gasteiger partial charge in [-0.15, -0.1) is 0 Å². The maximum absolute atomic E-state index is 12.7. The first-order chi connectivity index (χ1) is 16.1. The van der Waals surface area contributed by atoms with Crippen molar-refractivity contribution in [2.45, 2.75) is 95.6 Å². The summed E-state index contributed by atoms with van der Waals surface area (Å²) in [7, 11) is 0. The molecule has 14 nitrogen and oxygen atoms in total. The Labute approximate surface area is 202 Å². The molecule has 0 aliphatic carbocycles. The fraction of sp³-hybridized carbons (Fsp3) is 0.762. The second kappa shape index (κ2) is 12.8. The summed E-state index contributed by atoms with van der Waals surface area (Å²) >= 11 is 0. The molecule has 0 aromatic heterocycles. The van der Waals surface area contributed by atoms with E-state index in [1.807, 2.05) is 0 Å². The minimum Gasteiger partial charge on any atom is -0.481 e. The maximum atomic E-state index is 12.7. The number of carbonyl (C=O) groups excluding carboxylic acids is 4. The summed E-state index contributed by atoms with van der Waals surface area (Å²) in [5.74, 6) is -4.04. The van der Waals surface area contributed by atoms with Gasteiger partial charge >= 0.3 is 5.97 Å². The summed E-state index contributed by atoms with van der Waals surface area (Å²) in [5, 5.41) is 36.3. The van der Waals surface area contributed by atoms with Gasteiger partial charge in [0.1, 0.15) is 36.5 Å². The molecule has 1 aliphatic rings. The number of hydrogen-bond acceptors (Lipinski definition) is 9. The number of nitrogens with one attached hydrogen (secondary N) is 3. The van der Waals surface area contributed by atoms with Crippen LogP contribution in [0, 0.1) is 0 Å². The molecule has 0 aromatic rings. The Kier molecular flexibility index (Phi) is 11.0. The van der Waals surface area contributed by atoms with Gasteiger partial charge in [0.2, 0.25) is 23.6 Å². The first-order valence-corrected chi connectivity index (χ1v) is 11.1. The van der Waals surface area contributed by atoms with Crippen molar-refractivity contribution in [3.8, 4) is 0 Å². The molecule has 8 N–H and O–H groups in total. The van der Waals surface area contributed by atoms with Gasteiger partial charge in [-0.1, -0.05) is 0 Å². The molecule has 1 saturated heterocycles. The minimum absolute atomic E-state index is 0.218. The number of aliphatic hydroxyl groups is 2. The van der Waals surface area contributed by atoms with E-state index in [1.54, 1.807) is 13.8 Å². The number of amides is 4. The second-order valence-electron chi connectivity index (χ2n) is 8.98. The number of carboxylic acids is 1. The summed E-state index contributed by atoms with van der Waals surface area (Å²) in [6, 6.07) is -3.26. The molecule has 0 saturated carbocycles. The van der Waals surface area contributed by atoms with Gasteiger partial charge in [-0.3, -0.25) is 24.0 Å². The minimum atomic E-state index is -1.38. The Morgan fingerprint density at radius 2 is 1.71 bits per heavy atom. The smallest absolute Gasteiger partial charge is 0.303 e. The first-order valence-electron chi connectivity index (χ1n) is 11.1. The van der Waals surface area contributed by atoms with Crippen LogP contribution in [0.15, 0.2) is 0 Å². The summed E-state index contributed by atoms with van der Waals surface area (Å²) in [6.45, 7) is 6.71. The predicted molar refractivity (Wildman–Crippen MR) is 120 cm³/mol. The molecule has 4 amide bonds. The normalized spacial score (nSPS) is 26.0. The SMILES string of the molecule is CC(=O)NC1[C@H](OC(C)C(=O)NC(C)C(=O)NC(CCC(=O)O)C(N)=O)[C@H](O)C(CO)OC1(C)C. The fourth-order valence-electron chi connectivity index (χ4n) is 3.66. The zero-order chi connectivity index (χ0) is 27.1. The molecule has 1 heterocycles. The van der Waals surface area contributed by atoms with Crippen molar-refractivity contribution in [2.75, 3.05) is 6.61 Å². The van der Waals surface area contributed by atoms with Crippen LogP contribution >= 0.6 is 0 Å². The van der Waals surface area contributed by atoms with Crippen LogP contribution in [0.1, 0.15) is 47.5 Å². The van der Waals surface area contributed by atoms with E-state index in [9.17, 15) is 34.2 Å². The van der Waals surface area contributed by atoms with Crippen molar-refractivity contribution in [3.63, 3.8) is 0 Å². The number of aliphatic hydroxyl groups excluding tert-OH is 2. The Hall–Kier alpha value is -2.81. The molecule has 0 radical (unpaired) electrons. The molecule has 14 heteroatoms. The topological polar surface area (TPSA) is 227 Å². The summed E-state index contributed by atoms with van der Waals surface area (Å²) in [6.07, 6.45) is -5.38. The number of ether oxygens (including phenoxy) is 2. The molecule has 1 aliphatic heterocycles. The number of carboxylic acid groups (broad SMARTS) is 1. The Balaban J connectivity index is 2.87. The van der Waals surface area contributed by atoms with E-state index in [4.69, 9.17) is 20.3 Å². The van der Waals surface area contributed by atoms with Crippen LogP contribution in [0.5, 0.6) is 0 Å². The highest BCUT2D eigenvalue weighted by Crippen LogP contribution is 2.32. The number of primary amides is 1. The summed E-state index contributed by atoms with van der Waals surface area (Å²) in [5.41, 5.74) is 4.13. The van der Waals surface area contributed by atoms with E-state index >= 15 is 0 Å². The lowest BCUT2D eigenvalue weighted by molar-refractivity contribution is -0.243. The van der Waals surface area contributed by atoms with Crippen molar-refractivity contribution in [2.24, 2.45) is 5.73 Å². The van der Waals surface area contributed by atoms with Crippen LogP contribution in [0.2, 0.25) is 0 Å². The molecule has 0 bridgehead atoms. The van der Waals surface area contributed by atoms with Gasteiger partial charge in [0.15, 0.2) is 0 Å². The van der Waals surface area contributed by atoms with E-state index in [0.717, 1.165) is 0 Å². The van der Waals surface area contributed by atoms with E-state index in [1.165, 1.54) is 20.8 Å². The van der Waals surface area contributed by atoms with Crippen LogP contribution in [0.3, 0.4) is 0 Å². The molecule has 7 atom stereocenters. The average molecular weight is 505 g/mol. The molecular formula is C21H36N4O10. The Morgan fingerprint density at radius 1 is 1.11 bits per heavy atom. The van der Waals surface area contributed by atoms with Gasteiger partial charge < -0.3 is 46.5 Å². The average Bonchev–Trinajstić information content (AvgIpc) is 2.74. The zero-order valence-electron chi connectivity index (χ0n) is 20.4. The van der Waals surface area contributed by atoms with Crippen molar-refractivity contribution in [3.05, 3.63) is 0 Å². The number of hydrogen-bond donors (Lipinski definition) is 7. The lowest BCUT2D eigenvalue weighted by atomic mass is 9.84. The number of carbonyl (C=O) groups is 5. The Morgan fingerprint density at radius 3 is 2.20 bits per heavy atom. The van der Waals surface area contributed by atoms with Gasteiger partial charge in [-0.2, -0.15) is 0 Å². The first kappa shape index (κ1) is 30.2. The van der Waals surface area contributed by atoms with Gasteiger partial charge in [-0.05, 0) is 34.1 Å². The van der Waals surface area contributed by atoms with E-state index < -0.39 is 90.8 Å². The van der Waals surface area contributed by atoms with E-state index in [-0.39, 0.29) is 6.42 Å². The number of rotatable bonds is 12. The van der Waals surface area contributed by atoms with Crippen LogP contribution in [0.4, 0.5) is 0 Å². The molecule has 0 spiro atoms. The predicted octanol–water partition coefficient (Wildman–Crippen LogP) is -2.86. The van der Waals surface area contributed by atoms with Gasteiger partial charge in [0.05, 0.1) is 18.2 Å². The second-order valence-corrected chi connectivity index (χ2v) is 8.98. The fourth-order valence-corrected chi connectivity index (χ4v) is 3.66. The summed E-state index contributed by atoms with van der Waals surface area (Å²) in [4.78, 5) is 59.0. The van der Waals surface area contributed by atoms with Crippen LogP contribution in [0.25, 0.3) is 0 Å². The largest absolute Gasteiger partial charge is 0.481 e. The van der Waals surface area contributed by atoms with Crippen molar-refractivity contribution in [1.29, 1.82) is 0 Å². The quantitative estimate of drug-likeness (QED) is 0.144. The molecule has 0 aromatic carbocycles. The highest BCUT2D eigenvalue weighted by Gasteiger charge is 2.51. The molecule has 1 rings (SSSR count). The third kappa shape index (κ3) is 8.72. The molecule has 1 fully saturated rings. The van der Waals surface area contributed by atoms with Gasteiger partial charge in [0.25, 0.3) is 0 Å². The van der Waals surface area contributed by atoms with Crippen LogP contribution in [-0.4, -0.2) is 99.7 Å². The molecule has 200 valence electrons. The highest BCUT2D eigenvalue weighted by atomic mass is 16.6. The molecule has 35 heavy (non-hydrogen) atoms. The third-order valence-corrected chi connectivity index (χ3v) is 5.58. The lowest BCUT2D eigenvalue weighted by Crippen LogP contribution is -2.69. The summed E-state index contributed by atoms with van der Waals surface area (Å²) < 4.78 is 11.5. The third-order valence-electron chi connectivity index (χ3n) is 5.58. The Bertz CT molecular complexity index is 805. The monoisotopic (exact) mass is 504 g/mol. The van der Waals surface area contributed by atoms with Crippen molar-refractivity contribution < 1.29 is 48.8 Å². The lowest BCUT2D eigenvalue weighted by Gasteiger charge is -2.49. The zero-order valence-corrected chi connectivity index (χ0v) is 20.4. The number of aliphatic carboxylic acids is 1. The van der Waals surface area contributed by atoms with Gasteiger partial charge in [-0.25, -0.2) is 0 Å². The van der Waals surface area contributed by atoms with E-state index in [2.05, 4.69) is 16.0 Å². The van der Waals surface area contributed by atoms with Crippen molar-refractivity contribution in [1.82, 2.24) is 16.0 Å². The molecule has 5 unspecified atom stereocenters. The highest BCUT2D eigenvalue weighted by molar-refractivity contribution is 5.92. The van der Waals surface area contributed by atoms with Crippen molar-refractivity contribution >= 4 is 29.6 Å². The van der Waals surface area contributed by atoms with Crippen LogP contribution in [-0.2, 0) is 33.4 Å². The number of nitrogens with two attached hydrogens (primary N) is 1. The van der Waals surface area contributed by atoms with Gasteiger partial charge in [0, 0.05) is 13.3 Å².